The summed E-state index contributed by atoms with van der Waals surface area (Å²) in [5, 5.41) is 0. The van der Waals surface area contributed by atoms with E-state index in [2.05, 4.69) is 11.7 Å². The molecule has 19 heavy (non-hydrogen) atoms. The van der Waals surface area contributed by atoms with Gasteiger partial charge in [-0.15, -0.1) is 13.2 Å². The predicted molar refractivity (Wildman–Crippen MR) is 64.1 cm³/mol. The SMILES string of the molecule is [CH2]c1cccc(Oc2ccc(OC(F)(F)F)cc2)c1. The molecule has 0 saturated carbocycles. The van der Waals surface area contributed by atoms with Gasteiger partial charge < -0.3 is 9.47 Å². The molecule has 0 amide bonds. The highest BCUT2D eigenvalue weighted by Crippen LogP contribution is 2.27. The Labute approximate surface area is 108 Å². The van der Waals surface area contributed by atoms with Gasteiger partial charge in [-0.3, -0.25) is 0 Å². The van der Waals surface area contributed by atoms with Crippen LogP contribution in [-0.4, -0.2) is 6.36 Å². The smallest absolute Gasteiger partial charge is 0.457 e. The van der Waals surface area contributed by atoms with E-state index in [4.69, 9.17) is 4.74 Å². The van der Waals surface area contributed by atoms with Crippen molar-refractivity contribution >= 4 is 0 Å². The minimum atomic E-state index is -4.69. The molecule has 0 spiro atoms. The number of benzene rings is 2. The van der Waals surface area contributed by atoms with E-state index in [0.717, 1.165) is 5.56 Å². The topological polar surface area (TPSA) is 18.5 Å². The van der Waals surface area contributed by atoms with E-state index in [0.29, 0.717) is 11.5 Å². The van der Waals surface area contributed by atoms with Crippen LogP contribution in [-0.2, 0) is 0 Å². The fourth-order valence-electron chi connectivity index (χ4n) is 1.45. The zero-order chi connectivity index (χ0) is 13.9. The van der Waals surface area contributed by atoms with Gasteiger partial charge in [0.05, 0.1) is 0 Å². The van der Waals surface area contributed by atoms with Crippen molar-refractivity contribution in [1.82, 2.24) is 0 Å². The highest BCUT2D eigenvalue weighted by molar-refractivity contribution is 5.37. The van der Waals surface area contributed by atoms with E-state index >= 15 is 0 Å². The zero-order valence-corrected chi connectivity index (χ0v) is 9.78. The lowest BCUT2D eigenvalue weighted by atomic mass is 10.2. The van der Waals surface area contributed by atoms with Crippen LogP contribution in [0.2, 0.25) is 0 Å². The molecule has 0 atom stereocenters. The third-order valence-corrected chi connectivity index (χ3v) is 2.19. The van der Waals surface area contributed by atoms with Gasteiger partial charge in [0.2, 0.25) is 0 Å². The second-order valence-electron chi connectivity index (χ2n) is 3.77. The van der Waals surface area contributed by atoms with Gasteiger partial charge in [0.1, 0.15) is 17.2 Å². The molecule has 2 aromatic rings. The van der Waals surface area contributed by atoms with E-state index in [-0.39, 0.29) is 5.75 Å². The number of alkyl halides is 3. The summed E-state index contributed by atoms with van der Waals surface area (Å²) in [5.41, 5.74) is 0.787. The van der Waals surface area contributed by atoms with Gasteiger partial charge in [-0.05, 0) is 48.9 Å². The van der Waals surface area contributed by atoms with Crippen molar-refractivity contribution < 1.29 is 22.6 Å². The molecule has 0 aliphatic rings. The summed E-state index contributed by atoms with van der Waals surface area (Å²) in [5.74, 6) is 0.697. The molecule has 0 aliphatic carbocycles. The zero-order valence-electron chi connectivity index (χ0n) is 9.78. The van der Waals surface area contributed by atoms with E-state index in [1.807, 2.05) is 6.07 Å². The van der Waals surface area contributed by atoms with Crippen molar-refractivity contribution in [2.24, 2.45) is 0 Å². The van der Waals surface area contributed by atoms with Crippen LogP contribution in [0.1, 0.15) is 5.56 Å². The van der Waals surface area contributed by atoms with Gasteiger partial charge in [0, 0.05) is 0 Å². The normalized spacial score (nSPS) is 11.2. The summed E-state index contributed by atoms with van der Waals surface area (Å²) in [6.45, 7) is 3.75. The highest BCUT2D eigenvalue weighted by atomic mass is 19.4. The van der Waals surface area contributed by atoms with Gasteiger partial charge in [0.25, 0.3) is 0 Å². The molecule has 0 saturated heterocycles. The van der Waals surface area contributed by atoms with Crippen LogP contribution in [0, 0.1) is 6.92 Å². The summed E-state index contributed by atoms with van der Waals surface area (Å²) < 4.78 is 45.1. The highest BCUT2D eigenvalue weighted by Gasteiger charge is 2.30. The fourth-order valence-corrected chi connectivity index (χ4v) is 1.45. The number of halogens is 3. The van der Waals surface area contributed by atoms with Crippen LogP contribution in [0.25, 0.3) is 0 Å². The Bertz CT molecular complexity index is 547. The fraction of sp³-hybridized carbons (Fsp3) is 0.0714. The molecule has 0 heterocycles. The van der Waals surface area contributed by atoms with Crippen molar-refractivity contribution in [3.63, 3.8) is 0 Å². The molecule has 0 aromatic heterocycles. The van der Waals surface area contributed by atoms with Crippen LogP contribution >= 0.6 is 0 Å². The van der Waals surface area contributed by atoms with Crippen molar-refractivity contribution in [2.45, 2.75) is 6.36 Å². The summed E-state index contributed by atoms with van der Waals surface area (Å²) in [6.07, 6.45) is -4.69. The Kier molecular flexibility index (Phi) is 3.64. The number of ether oxygens (including phenoxy) is 2. The van der Waals surface area contributed by atoms with Crippen molar-refractivity contribution in [3.05, 3.63) is 61.0 Å². The quantitative estimate of drug-likeness (QED) is 0.811. The summed E-state index contributed by atoms with van der Waals surface area (Å²) >= 11 is 0. The lowest BCUT2D eigenvalue weighted by Crippen LogP contribution is -2.16. The average molecular weight is 267 g/mol. The predicted octanol–water partition coefficient (Wildman–Crippen LogP) is 4.56. The van der Waals surface area contributed by atoms with Gasteiger partial charge in [-0.2, -0.15) is 0 Å². The van der Waals surface area contributed by atoms with Crippen LogP contribution in [0.4, 0.5) is 13.2 Å². The van der Waals surface area contributed by atoms with E-state index in [9.17, 15) is 13.2 Å². The first-order valence-corrected chi connectivity index (χ1v) is 5.38. The van der Waals surface area contributed by atoms with Gasteiger partial charge in [-0.25, -0.2) is 0 Å². The van der Waals surface area contributed by atoms with E-state index < -0.39 is 6.36 Å². The molecule has 2 nitrogen and oxygen atoms in total. The molecule has 1 radical (unpaired) electrons. The van der Waals surface area contributed by atoms with Crippen molar-refractivity contribution in [2.75, 3.05) is 0 Å². The minimum Gasteiger partial charge on any atom is -0.457 e. The third-order valence-electron chi connectivity index (χ3n) is 2.19. The van der Waals surface area contributed by atoms with Gasteiger partial charge in [0.15, 0.2) is 0 Å². The third kappa shape index (κ3) is 4.21. The van der Waals surface area contributed by atoms with Crippen LogP contribution in [0.3, 0.4) is 0 Å². The molecular formula is C14H10F3O2. The molecule has 0 N–H and O–H groups in total. The van der Waals surface area contributed by atoms with Crippen molar-refractivity contribution in [1.29, 1.82) is 0 Å². The number of hydrogen-bond donors (Lipinski definition) is 0. The largest absolute Gasteiger partial charge is 0.573 e. The van der Waals surface area contributed by atoms with E-state index in [1.165, 1.54) is 24.3 Å². The maximum Gasteiger partial charge on any atom is 0.573 e. The summed E-state index contributed by atoms with van der Waals surface area (Å²) in [7, 11) is 0. The lowest BCUT2D eigenvalue weighted by molar-refractivity contribution is -0.274. The van der Waals surface area contributed by atoms with Gasteiger partial charge in [-0.1, -0.05) is 12.1 Å². The molecule has 2 rings (SSSR count). The maximum atomic E-state index is 12.0. The standard InChI is InChI=1S/C14H10F3O2/c1-10-3-2-4-13(9-10)18-11-5-7-12(8-6-11)19-14(15,16)17/h2-9H,1H2. The molecule has 5 heteroatoms. The van der Waals surface area contributed by atoms with Gasteiger partial charge >= 0.3 is 6.36 Å². The number of hydrogen-bond acceptors (Lipinski definition) is 2. The first-order chi connectivity index (χ1) is 8.92. The minimum absolute atomic E-state index is 0.286. The van der Waals surface area contributed by atoms with Crippen LogP contribution in [0.15, 0.2) is 48.5 Å². The molecule has 2 aromatic carbocycles. The summed E-state index contributed by atoms with van der Waals surface area (Å²) in [6, 6.07) is 12.2. The monoisotopic (exact) mass is 267 g/mol. The first-order valence-electron chi connectivity index (χ1n) is 5.38. The summed E-state index contributed by atoms with van der Waals surface area (Å²) in [4.78, 5) is 0. The second-order valence-corrected chi connectivity index (χ2v) is 3.77. The molecule has 0 unspecified atom stereocenters. The molecular weight excluding hydrogens is 257 g/mol. The molecule has 0 fully saturated rings. The first kappa shape index (κ1) is 13.3. The van der Waals surface area contributed by atoms with Crippen LogP contribution in [0.5, 0.6) is 17.2 Å². The Morgan fingerprint density at radius 2 is 1.47 bits per heavy atom. The molecule has 99 valence electrons. The Balaban J connectivity index is 2.07. The molecule has 0 aliphatic heterocycles. The van der Waals surface area contributed by atoms with E-state index in [1.54, 1.807) is 18.2 Å². The Morgan fingerprint density at radius 3 is 2.05 bits per heavy atom. The maximum absolute atomic E-state index is 12.0. The number of rotatable bonds is 3. The Hall–Kier alpha value is -2.17. The Morgan fingerprint density at radius 1 is 0.842 bits per heavy atom. The second kappa shape index (κ2) is 5.22. The van der Waals surface area contributed by atoms with Crippen molar-refractivity contribution in [3.8, 4) is 17.2 Å². The average Bonchev–Trinajstić information content (AvgIpc) is 2.30. The van der Waals surface area contributed by atoms with Crippen LogP contribution < -0.4 is 9.47 Å². The molecule has 0 bridgehead atoms. The lowest BCUT2D eigenvalue weighted by Gasteiger charge is -2.10.